The summed E-state index contributed by atoms with van der Waals surface area (Å²) in [6.45, 7) is 4.37. The molecule has 1 heterocycles. The molecule has 0 aromatic carbocycles. The van der Waals surface area contributed by atoms with Crippen molar-refractivity contribution in [3.05, 3.63) is 23.0 Å². The maximum atomic E-state index is 5.87. The Labute approximate surface area is 109 Å². The van der Waals surface area contributed by atoms with Crippen LogP contribution in [-0.2, 0) is 0 Å². The van der Waals surface area contributed by atoms with Gasteiger partial charge in [-0.3, -0.25) is 0 Å². The van der Waals surface area contributed by atoms with E-state index in [4.69, 9.17) is 11.6 Å². The van der Waals surface area contributed by atoms with Gasteiger partial charge in [-0.15, -0.1) is 0 Å². The fraction of sp³-hybridized carbons (Fsp3) is 0.643. The summed E-state index contributed by atoms with van der Waals surface area (Å²) in [6.07, 6.45) is 6.57. The molecule has 94 valence electrons. The zero-order valence-electron chi connectivity index (χ0n) is 10.7. The van der Waals surface area contributed by atoms with E-state index in [9.17, 15) is 0 Å². The lowest BCUT2D eigenvalue weighted by molar-refractivity contribution is 0.502. The Kier molecular flexibility index (Phi) is 4.27. The second kappa shape index (κ2) is 5.72. The van der Waals surface area contributed by atoms with Gasteiger partial charge in [0.1, 0.15) is 5.15 Å². The number of aryl methyl sites for hydroxylation is 1. The molecular weight excluding hydrogens is 232 g/mol. The van der Waals surface area contributed by atoms with E-state index in [0.29, 0.717) is 11.2 Å². The summed E-state index contributed by atoms with van der Waals surface area (Å²) in [4.78, 5) is 4.28. The van der Waals surface area contributed by atoms with Crippen LogP contribution in [0, 0.1) is 12.8 Å². The zero-order valence-corrected chi connectivity index (χ0v) is 11.4. The number of halogens is 1. The van der Waals surface area contributed by atoms with Crippen molar-refractivity contribution in [3.63, 3.8) is 0 Å². The molecular formula is C14H21ClN2. The van der Waals surface area contributed by atoms with Crippen molar-refractivity contribution in [2.75, 3.05) is 5.32 Å². The smallest absolute Gasteiger partial charge is 0.129 e. The van der Waals surface area contributed by atoms with Crippen LogP contribution in [-0.4, -0.2) is 11.0 Å². The van der Waals surface area contributed by atoms with Crippen molar-refractivity contribution < 1.29 is 0 Å². The Morgan fingerprint density at radius 3 is 2.82 bits per heavy atom. The summed E-state index contributed by atoms with van der Waals surface area (Å²) in [5, 5.41) is 4.19. The Morgan fingerprint density at radius 1 is 1.24 bits per heavy atom. The third-order valence-electron chi connectivity index (χ3n) is 3.67. The standard InChI is InChI=1S/C14H21ClN2/c1-10-4-3-5-12(7-6-10)17-13-8-9-14(15)16-11(13)2/h8-10,12,17H,3-7H2,1-2H3. The fourth-order valence-electron chi connectivity index (χ4n) is 2.53. The number of nitrogens with zero attached hydrogens (tertiary/aromatic N) is 1. The molecule has 1 aliphatic carbocycles. The van der Waals surface area contributed by atoms with Crippen molar-refractivity contribution in [1.82, 2.24) is 4.98 Å². The number of hydrogen-bond acceptors (Lipinski definition) is 2. The summed E-state index contributed by atoms with van der Waals surface area (Å²) in [5.74, 6) is 0.881. The van der Waals surface area contributed by atoms with Gasteiger partial charge in [0.05, 0.1) is 11.4 Å². The molecule has 1 fully saturated rings. The molecule has 0 bridgehead atoms. The van der Waals surface area contributed by atoms with Crippen LogP contribution in [0.2, 0.25) is 5.15 Å². The first-order valence-electron chi connectivity index (χ1n) is 6.55. The van der Waals surface area contributed by atoms with Crippen LogP contribution in [0.15, 0.2) is 12.1 Å². The van der Waals surface area contributed by atoms with Gasteiger partial charge < -0.3 is 5.32 Å². The van der Waals surface area contributed by atoms with Crippen molar-refractivity contribution in [1.29, 1.82) is 0 Å². The summed E-state index contributed by atoms with van der Waals surface area (Å²) in [6, 6.07) is 4.50. The Balaban J connectivity index is 2.00. The number of anilines is 1. The highest BCUT2D eigenvalue weighted by Crippen LogP contribution is 2.26. The number of nitrogens with one attached hydrogen (secondary N) is 1. The minimum atomic E-state index is 0.572. The summed E-state index contributed by atoms with van der Waals surface area (Å²) < 4.78 is 0. The van der Waals surface area contributed by atoms with Gasteiger partial charge in [-0.05, 0) is 44.2 Å². The molecule has 0 spiro atoms. The summed E-state index contributed by atoms with van der Waals surface area (Å²) >= 11 is 5.87. The van der Waals surface area contributed by atoms with Crippen LogP contribution in [0.3, 0.4) is 0 Å². The predicted octanol–water partition coefficient (Wildman–Crippen LogP) is 4.42. The molecule has 0 aliphatic heterocycles. The number of rotatable bonds is 2. The lowest BCUT2D eigenvalue weighted by Gasteiger charge is -2.19. The van der Waals surface area contributed by atoms with E-state index in [1.165, 1.54) is 32.1 Å². The maximum Gasteiger partial charge on any atom is 0.129 e. The molecule has 1 aromatic heterocycles. The van der Waals surface area contributed by atoms with Crippen molar-refractivity contribution in [2.24, 2.45) is 5.92 Å². The number of pyridine rings is 1. The quantitative estimate of drug-likeness (QED) is 0.622. The molecule has 17 heavy (non-hydrogen) atoms. The van der Waals surface area contributed by atoms with Gasteiger partial charge in [-0.25, -0.2) is 4.98 Å². The van der Waals surface area contributed by atoms with Crippen LogP contribution in [0.4, 0.5) is 5.69 Å². The van der Waals surface area contributed by atoms with Gasteiger partial charge in [-0.1, -0.05) is 31.4 Å². The van der Waals surface area contributed by atoms with E-state index >= 15 is 0 Å². The number of hydrogen-bond donors (Lipinski definition) is 1. The van der Waals surface area contributed by atoms with Gasteiger partial charge in [0, 0.05) is 6.04 Å². The van der Waals surface area contributed by atoms with Gasteiger partial charge in [0.15, 0.2) is 0 Å². The highest BCUT2D eigenvalue weighted by Gasteiger charge is 2.16. The largest absolute Gasteiger partial charge is 0.381 e. The molecule has 1 saturated carbocycles. The van der Waals surface area contributed by atoms with Gasteiger partial charge in [-0.2, -0.15) is 0 Å². The molecule has 1 N–H and O–H groups in total. The molecule has 1 aliphatic rings. The molecule has 1 aromatic rings. The molecule has 2 nitrogen and oxygen atoms in total. The molecule has 2 unspecified atom stereocenters. The van der Waals surface area contributed by atoms with Gasteiger partial charge >= 0.3 is 0 Å². The Morgan fingerprint density at radius 2 is 2.06 bits per heavy atom. The van der Waals surface area contributed by atoms with Crippen molar-refractivity contribution in [2.45, 2.75) is 52.0 Å². The molecule has 0 saturated heterocycles. The zero-order chi connectivity index (χ0) is 12.3. The first kappa shape index (κ1) is 12.7. The molecule has 2 rings (SSSR count). The highest BCUT2D eigenvalue weighted by atomic mass is 35.5. The van der Waals surface area contributed by atoms with E-state index in [1.54, 1.807) is 0 Å². The van der Waals surface area contributed by atoms with E-state index < -0.39 is 0 Å². The molecule has 2 atom stereocenters. The van der Waals surface area contributed by atoms with E-state index in [2.05, 4.69) is 17.2 Å². The SMILES string of the molecule is Cc1nc(Cl)ccc1NC1CCCC(C)CC1. The minimum absolute atomic E-state index is 0.572. The Bertz CT molecular complexity index is 378. The predicted molar refractivity (Wildman–Crippen MR) is 73.6 cm³/mol. The van der Waals surface area contributed by atoms with Crippen LogP contribution in [0.5, 0.6) is 0 Å². The van der Waals surface area contributed by atoms with Crippen molar-refractivity contribution in [3.8, 4) is 0 Å². The lowest BCUT2D eigenvalue weighted by atomic mass is 10.0. The summed E-state index contributed by atoms with van der Waals surface area (Å²) in [7, 11) is 0. The van der Waals surface area contributed by atoms with E-state index in [0.717, 1.165) is 17.3 Å². The second-order valence-corrected chi connectivity index (χ2v) is 5.61. The third kappa shape index (κ3) is 3.60. The van der Waals surface area contributed by atoms with Crippen LogP contribution in [0.1, 0.15) is 44.7 Å². The summed E-state index contributed by atoms with van der Waals surface area (Å²) in [5.41, 5.74) is 2.13. The van der Waals surface area contributed by atoms with Gasteiger partial charge in [0.2, 0.25) is 0 Å². The monoisotopic (exact) mass is 252 g/mol. The highest BCUT2D eigenvalue weighted by molar-refractivity contribution is 6.29. The van der Waals surface area contributed by atoms with Crippen LogP contribution >= 0.6 is 11.6 Å². The average molecular weight is 253 g/mol. The average Bonchev–Trinajstić information content (AvgIpc) is 2.48. The van der Waals surface area contributed by atoms with Crippen LogP contribution < -0.4 is 5.32 Å². The minimum Gasteiger partial charge on any atom is -0.381 e. The first-order chi connectivity index (χ1) is 8.15. The Hall–Kier alpha value is -0.760. The maximum absolute atomic E-state index is 5.87. The fourth-order valence-corrected chi connectivity index (χ4v) is 2.72. The molecule has 3 heteroatoms. The lowest BCUT2D eigenvalue weighted by Crippen LogP contribution is -2.19. The second-order valence-electron chi connectivity index (χ2n) is 5.22. The van der Waals surface area contributed by atoms with Gasteiger partial charge in [0.25, 0.3) is 0 Å². The first-order valence-corrected chi connectivity index (χ1v) is 6.92. The third-order valence-corrected chi connectivity index (χ3v) is 3.88. The topological polar surface area (TPSA) is 24.9 Å². The van der Waals surface area contributed by atoms with Crippen LogP contribution in [0.25, 0.3) is 0 Å². The molecule has 0 amide bonds. The normalized spacial score (nSPS) is 25.4. The molecule has 0 radical (unpaired) electrons. The van der Waals surface area contributed by atoms with E-state index in [-0.39, 0.29) is 0 Å². The van der Waals surface area contributed by atoms with Crippen molar-refractivity contribution >= 4 is 17.3 Å². The van der Waals surface area contributed by atoms with E-state index in [1.807, 2.05) is 19.1 Å². The number of aromatic nitrogens is 1.